The molecule has 1 fully saturated rings. The molecule has 0 N–H and O–H groups in total. The molecule has 2 aromatic carbocycles. The number of carbonyl (C=O) groups excluding carboxylic acids is 2. The van der Waals surface area contributed by atoms with Crippen LogP contribution < -0.4 is 0 Å². The van der Waals surface area contributed by atoms with E-state index in [2.05, 4.69) is 0 Å². The predicted octanol–water partition coefficient (Wildman–Crippen LogP) is 4.96. The Labute approximate surface area is 183 Å². The van der Waals surface area contributed by atoms with E-state index in [-0.39, 0.29) is 23.8 Å². The lowest BCUT2D eigenvalue weighted by atomic mass is 10.2. The summed E-state index contributed by atoms with van der Waals surface area (Å²) in [6.07, 6.45) is 4.07. The molecule has 3 rings (SSSR count). The Morgan fingerprint density at radius 2 is 1.73 bits per heavy atom. The lowest BCUT2D eigenvalue weighted by Gasteiger charge is -2.19. The normalized spacial score (nSPS) is 14.1. The predicted molar refractivity (Wildman–Crippen MR) is 114 cm³/mol. The van der Waals surface area contributed by atoms with Crippen LogP contribution in [0.25, 0.3) is 0 Å². The number of ether oxygens (including phenoxy) is 1. The van der Waals surface area contributed by atoms with Gasteiger partial charge in [-0.15, -0.1) is 0 Å². The average molecular weight is 449 g/mol. The molecule has 0 aromatic heterocycles. The largest absolute Gasteiger partial charge is 0.452 e. The molecule has 1 heterocycles. The van der Waals surface area contributed by atoms with Crippen LogP contribution in [0.2, 0.25) is 5.02 Å². The van der Waals surface area contributed by atoms with Gasteiger partial charge in [-0.1, -0.05) is 36.2 Å². The van der Waals surface area contributed by atoms with E-state index in [0.717, 1.165) is 30.6 Å². The Morgan fingerprint density at radius 1 is 1.07 bits per heavy atom. The molecule has 2 aromatic rings. The first kappa shape index (κ1) is 22.1. The number of nitro groups is 1. The molecule has 1 aliphatic rings. The molecular formula is C21H21ClN2O5S. The van der Waals surface area contributed by atoms with E-state index in [4.69, 9.17) is 16.3 Å². The lowest BCUT2D eigenvalue weighted by molar-refractivity contribution is -0.387. The topological polar surface area (TPSA) is 89.8 Å². The SMILES string of the molecule is O=C(OCC(=O)N1CCCCCC1)c1ccc(Sc2ccc(Cl)cc2)c([N+](=O)[O-])c1. The molecule has 0 spiro atoms. The van der Waals surface area contributed by atoms with Crippen molar-refractivity contribution in [2.24, 2.45) is 0 Å². The van der Waals surface area contributed by atoms with Crippen molar-refractivity contribution in [3.8, 4) is 0 Å². The minimum Gasteiger partial charge on any atom is -0.452 e. The van der Waals surface area contributed by atoms with Gasteiger partial charge in [-0.25, -0.2) is 4.79 Å². The third-order valence-electron chi connectivity index (χ3n) is 4.72. The first-order valence-corrected chi connectivity index (χ1v) is 10.8. The van der Waals surface area contributed by atoms with Crippen LogP contribution in [0.3, 0.4) is 0 Å². The van der Waals surface area contributed by atoms with Crippen molar-refractivity contribution in [3.05, 3.63) is 63.2 Å². The summed E-state index contributed by atoms with van der Waals surface area (Å²) in [6, 6.07) is 11.1. The van der Waals surface area contributed by atoms with Crippen molar-refractivity contribution < 1.29 is 19.2 Å². The number of nitrogens with zero attached hydrogens (tertiary/aromatic N) is 2. The molecule has 0 aliphatic carbocycles. The van der Waals surface area contributed by atoms with E-state index in [1.807, 2.05) is 0 Å². The van der Waals surface area contributed by atoms with E-state index >= 15 is 0 Å². The van der Waals surface area contributed by atoms with Crippen LogP contribution >= 0.6 is 23.4 Å². The highest BCUT2D eigenvalue weighted by molar-refractivity contribution is 7.99. The summed E-state index contributed by atoms with van der Waals surface area (Å²) < 4.78 is 5.12. The Kier molecular flexibility index (Phi) is 7.70. The van der Waals surface area contributed by atoms with E-state index < -0.39 is 10.9 Å². The molecule has 0 unspecified atom stereocenters. The number of amides is 1. The van der Waals surface area contributed by atoms with Crippen molar-refractivity contribution >= 4 is 40.9 Å². The number of hydrogen-bond acceptors (Lipinski definition) is 6. The van der Waals surface area contributed by atoms with Gasteiger partial charge in [0.2, 0.25) is 0 Å². The number of hydrogen-bond donors (Lipinski definition) is 0. The number of halogens is 1. The van der Waals surface area contributed by atoms with Crippen molar-refractivity contribution in [3.63, 3.8) is 0 Å². The van der Waals surface area contributed by atoms with E-state index in [9.17, 15) is 19.7 Å². The molecule has 0 radical (unpaired) electrons. The molecule has 7 nitrogen and oxygen atoms in total. The smallest absolute Gasteiger partial charge is 0.338 e. The van der Waals surface area contributed by atoms with Crippen LogP contribution in [-0.4, -0.2) is 41.4 Å². The molecule has 30 heavy (non-hydrogen) atoms. The van der Waals surface area contributed by atoms with Gasteiger partial charge in [0.05, 0.1) is 15.4 Å². The number of carbonyl (C=O) groups is 2. The fourth-order valence-corrected chi connectivity index (χ4v) is 4.15. The van der Waals surface area contributed by atoms with Gasteiger partial charge in [0.15, 0.2) is 6.61 Å². The van der Waals surface area contributed by atoms with Gasteiger partial charge >= 0.3 is 5.97 Å². The second-order valence-electron chi connectivity index (χ2n) is 6.87. The summed E-state index contributed by atoms with van der Waals surface area (Å²) in [6.45, 7) is 0.963. The standard InChI is InChI=1S/C21H21ClN2O5S/c22-16-6-8-17(9-7-16)30-19-10-5-15(13-18(19)24(27)28)21(26)29-14-20(25)23-11-3-1-2-4-12-23/h5-10,13H,1-4,11-12,14H2. The van der Waals surface area contributed by atoms with Gasteiger partial charge in [0, 0.05) is 29.1 Å². The fraction of sp³-hybridized carbons (Fsp3) is 0.333. The average Bonchev–Trinajstić information content (AvgIpc) is 3.03. The number of nitro benzene ring substituents is 1. The van der Waals surface area contributed by atoms with Crippen molar-refractivity contribution in [2.75, 3.05) is 19.7 Å². The molecule has 9 heteroatoms. The van der Waals surface area contributed by atoms with Gasteiger partial charge in [-0.2, -0.15) is 0 Å². The highest BCUT2D eigenvalue weighted by atomic mass is 35.5. The van der Waals surface area contributed by atoms with Gasteiger partial charge < -0.3 is 9.64 Å². The van der Waals surface area contributed by atoms with Crippen LogP contribution in [0.1, 0.15) is 36.0 Å². The highest BCUT2D eigenvalue weighted by Crippen LogP contribution is 2.35. The Balaban J connectivity index is 1.67. The maximum absolute atomic E-state index is 12.3. The highest BCUT2D eigenvalue weighted by Gasteiger charge is 2.21. The number of rotatable bonds is 6. The molecule has 1 saturated heterocycles. The molecule has 0 atom stereocenters. The van der Waals surface area contributed by atoms with Crippen molar-refractivity contribution in [1.82, 2.24) is 4.90 Å². The zero-order valence-corrected chi connectivity index (χ0v) is 17.8. The zero-order chi connectivity index (χ0) is 21.5. The van der Waals surface area contributed by atoms with Gasteiger partial charge in [-0.05, 0) is 49.2 Å². The van der Waals surface area contributed by atoms with Crippen LogP contribution in [-0.2, 0) is 9.53 Å². The minimum atomic E-state index is -0.760. The number of benzene rings is 2. The first-order valence-electron chi connectivity index (χ1n) is 9.61. The summed E-state index contributed by atoms with van der Waals surface area (Å²) in [5, 5.41) is 12.1. The Bertz CT molecular complexity index is 927. The number of esters is 1. The second kappa shape index (κ2) is 10.4. The van der Waals surface area contributed by atoms with Gasteiger partial charge in [0.25, 0.3) is 11.6 Å². The maximum Gasteiger partial charge on any atom is 0.338 e. The third-order valence-corrected chi connectivity index (χ3v) is 6.04. The summed E-state index contributed by atoms with van der Waals surface area (Å²) in [5.74, 6) is -1.00. The fourth-order valence-electron chi connectivity index (χ4n) is 3.12. The number of likely N-dealkylation sites (tertiary alicyclic amines) is 1. The molecule has 1 aliphatic heterocycles. The molecule has 158 valence electrons. The van der Waals surface area contributed by atoms with Crippen LogP contribution in [0.4, 0.5) is 5.69 Å². The van der Waals surface area contributed by atoms with Gasteiger partial charge in [0.1, 0.15) is 0 Å². The Morgan fingerprint density at radius 3 is 2.37 bits per heavy atom. The Hall–Kier alpha value is -2.58. The lowest BCUT2D eigenvalue weighted by Crippen LogP contribution is -2.35. The molecular weight excluding hydrogens is 428 g/mol. The molecule has 0 bridgehead atoms. The summed E-state index contributed by atoms with van der Waals surface area (Å²) >= 11 is 7.06. The van der Waals surface area contributed by atoms with Crippen LogP contribution in [0, 0.1) is 10.1 Å². The van der Waals surface area contributed by atoms with E-state index in [1.165, 1.54) is 30.0 Å². The quantitative estimate of drug-likeness (QED) is 0.352. The van der Waals surface area contributed by atoms with E-state index in [1.54, 1.807) is 29.2 Å². The third kappa shape index (κ3) is 5.96. The zero-order valence-electron chi connectivity index (χ0n) is 16.2. The van der Waals surface area contributed by atoms with Crippen molar-refractivity contribution in [1.29, 1.82) is 0 Å². The maximum atomic E-state index is 12.3. The molecule has 0 saturated carbocycles. The van der Waals surface area contributed by atoms with Crippen LogP contribution in [0.15, 0.2) is 52.3 Å². The monoisotopic (exact) mass is 448 g/mol. The second-order valence-corrected chi connectivity index (χ2v) is 8.42. The van der Waals surface area contributed by atoms with Gasteiger partial charge in [-0.3, -0.25) is 14.9 Å². The minimum absolute atomic E-state index is 0.0332. The summed E-state index contributed by atoms with van der Waals surface area (Å²) in [5.41, 5.74) is -0.172. The van der Waals surface area contributed by atoms with E-state index in [0.29, 0.717) is 23.0 Å². The summed E-state index contributed by atoms with van der Waals surface area (Å²) in [4.78, 5) is 38.4. The summed E-state index contributed by atoms with van der Waals surface area (Å²) in [7, 11) is 0. The van der Waals surface area contributed by atoms with Crippen molar-refractivity contribution in [2.45, 2.75) is 35.5 Å². The van der Waals surface area contributed by atoms with Crippen LogP contribution in [0.5, 0.6) is 0 Å². The molecule has 1 amide bonds. The first-order chi connectivity index (χ1) is 14.4.